The Bertz CT molecular complexity index is 555. The number of hydrogen-bond acceptors (Lipinski definition) is 4. The molecule has 5 nitrogen and oxygen atoms in total. The van der Waals surface area contributed by atoms with E-state index >= 15 is 0 Å². The van der Waals surface area contributed by atoms with E-state index in [1.165, 1.54) is 12.5 Å². The van der Waals surface area contributed by atoms with Gasteiger partial charge in [-0.1, -0.05) is 6.07 Å². The summed E-state index contributed by atoms with van der Waals surface area (Å²) in [6.07, 6.45) is 2.30. The Hall–Kier alpha value is -0.950. The van der Waals surface area contributed by atoms with Crippen molar-refractivity contribution < 1.29 is 13.5 Å². The molecule has 0 spiro atoms. The molecule has 19 heavy (non-hydrogen) atoms. The molecule has 0 aromatic heterocycles. The summed E-state index contributed by atoms with van der Waals surface area (Å²) in [5, 5.41) is 9.26. The van der Waals surface area contributed by atoms with Gasteiger partial charge in [0, 0.05) is 12.6 Å². The summed E-state index contributed by atoms with van der Waals surface area (Å²) < 4.78 is 26.7. The molecular weight excluding hydrogens is 264 g/mol. The molecule has 0 heterocycles. The number of aliphatic hydroxyl groups is 1. The predicted molar refractivity (Wildman–Crippen MR) is 73.3 cm³/mol. The first-order valence-electron chi connectivity index (χ1n) is 6.45. The molecule has 2 atom stereocenters. The summed E-state index contributed by atoms with van der Waals surface area (Å²) in [5.41, 5.74) is 7.96. The normalized spacial score (nSPS) is 18.1. The second-order valence-electron chi connectivity index (χ2n) is 5.04. The second kappa shape index (κ2) is 5.58. The van der Waals surface area contributed by atoms with Crippen LogP contribution in [0.5, 0.6) is 0 Å². The van der Waals surface area contributed by atoms with Crippen LogP contribution in [-0.2, 0) is 22.9 Å². The summed E-state index contributed by atoms with van der Waals surface area (Å²) >= 11 is 0. The van der Waals surface area contributed by atoms with Crippen LogP contribution >= 0.6 is 0 Å². The highest BCUT2D eigenvalue weighted by Gasteiger charge is 2.20. The van der Waals surface area contributed by atoms with Crippen molar-refractivity contribution >= 4 is 10.0 Å². The minimum atomic E-state index is -3.55. The van der Waals surface area contributed by atoms with Crippen LogP contribution in [0.15, 0.2) is 23.1 Å². The fourth-order valence-corrected chi connectivity index (χ4v) is 3.30. The van der Waals surface area contributed by atoms with Crippen LogP contribution in [-0.4, -0.2) is 32.2 Å². The van der Waals surface area contributed by atoms with Crippen molar-refractivity contribution in [3.8, 4) is 0 Å². The average Bonchev–Trinajstić information content (AvgIpc) is 2.82. The third kappa shape index (κ3) is 3.33. The lowest BCUT2D eigenvalue weighted by Crippen LogP contribution is -2.43. The lowest BCUT2D eigenvalue weighted by atomic mass is 10.1. The summed E-state index contributed by atoms with van der Waals surface area (Å²) in [6.45, 7) is 1.56. The molecule has 0 amide bonds. The largest absolute Gasteiger partial charge is 0.392 e. The van der Waals surface area contributed by atoms with Gasteiger partial charge in [-0.2, -0.15) is 0 Å². The molecule has 1 aromatic carbocycles. The van der Waals surface area contributed by atoms with Crippen molar-refractivity contribution in [2.75, 3.05) is 6.54 Å². The lowest BCUT2D eigenvalue weighted by Gasteiger charge is -2.15. The fourth-order valence-electron chi connectivity index (χ4n) is 2.18. The smallest absolute Gasteiger partial charge is 0.240 e. The quantitative estimate of drug-likeness (QED) is 0.718. The molecule has 0 saturated carbocycles. The predicted octanol–water partition coefficient (Wildman–Crippen LogP) is 0.162. The van der Waals surface area contributed by atoms with Gasteiger partial charge in [0.15, 0.2) is 0 Å². The van der Waals surface area contributed by atoms with Gasteiger partial charge in [0.1, 0.15) is 0 Å². The standard InChI is InChI=1S/C13H20N2O3S/c1-9(16)13(14)8-15-19(17,18)12-6-5-10-3-2-4-11(10)7-12/h5-7,9,13,15-16H,2-4,8,14H2,1H3. The van der Waals surface area contributed by atoms with Crippen LogP contribution in [0, 0.1) is 0 Å². The van der Waals surface area contributed by atoms with Gasteiger partial charge >= 0.3 is 0 Å². The number of hydrogen-bond donors (Lipinski definition) is 3. The zero-order chi connectivity index (χ0) is 14.0. The SMILES string of the molecule is CC(O)C(N)CNS(=O)(=O)c1ccc2c(c1)CCC2. The molecule has 106 valence electrons. The first kappa shape index (κ1) is 14.5. The molecule has 6 heteroatoms. The summed E-state index contributed by atoms with van der Waals surface area (Å²) in [6, 6.07) is 4.63. The van der Waals surface area contributed by atoms with E-state index in [1.807, 2.05) is 6.07 Å². The Morgan fingerprint density at radius 2 is 2.05 bits per heavy atom. The number of nitrogens with two attached hydrogens (primary N) is 1. The van der Waals surface area contributed by atoms with Gasteiger partial charge < -0.3 is 10.8 Å². The fraction of sp³-hybridized carbons (Fsp3) is 0.538. The van der Waals surface area contributed by atoms with Crippen molar-refractivity contribution in [3.63, 3.8) is 0 Å². The van der Waals surface area contributed by atoms with Crippen LogP contribution in [0.2, 0.25) is 0 Å². The zero-order valence-corrected chi connectivity index (χ0v) is 11.8. The molecule has 4 N–H and O–H groups in total. The van der Waals surface area contributed by atoms with E-state index < -0.39 is 22.2 Å². The van der Waals surface area contributed by atoms with E-state index in [-0.39, 0.29) is 11.4 Å². The molecule has 0 aliphatic heterocycles. The van der Waals surface area contributed by atoms with Crippen LogP contribution in [0.1, 0.15) is 24.5 Å². The average molecular weight is 284 g/mol. The third-order valence-corrected chi connectivity index (χ3v) is 4.93. The van der Waals surface area contributed by atoms with Crippen molar-refractivity contribution in [1.82, 2.24) is 4.72 Å². The first-order valence-corrected chi connectivity index (χ1v) is 7.93. The molecule has 0 radical (unpaired) electrons. The minimum Gasteiger partial charge on any atom is -0.392 e. The summed E-state index contributed by atoms with van der Waals surface area (Å²) in [4.78, 5) is 0.269. The molecule has 0 saturated heterocycles. The van der Waals surface area contributed by atoms with Crippen LogP contribution in [0.3, 0.4) is 0 Å². The monoisotopic (exact) mass is 284 g/mol. The molecule has 2 unspecified atom stereocenters. The van der Waals surface area contributed by atoms with Gasteiger partial charge in [0.05, 0.1) is 11.0 Å². The maximum Gasteiger partial charge on any atom is 0.240 e. The van der Waals surface area contributed by atoms with E-state index in [4.69, 9.17) is 5.73 Å². The third-order valence-electron chi connectivity index (χ3n) is 3.51. The first-order chi connectivity index (χ1) is 8.90. The van der Waals surface area contributed by atoms with Gasteiger partial charge in [0.2, 0.25) is 10.0 Å². The number of fused-ring (bicyclic) bond motifs is 1. The van der Waals surface area contributed by atoms with Gasteiger partial charge in [-0.05, 0) is 49.4 Å². The highest BCUT2D eigenvalue weighted by molar-refractivity contribution is 7.89. The van der Waals surface area contributed by atoms with Crippen LogP contribution in [0.4, 0.5) is 0 Å². The molecule has 0 fully saturated rings. The number of rotatable bonds is 5. The number of aliphatic hydroxyl groups excluding tert-OH is 1. The van der Waals surface area contributed by atoms with Gasteiger partial charge in [-0.15, -0.1) is 0 Å². The number of sulfonamides is 1. The van der Waals surface area contributed by atoms with Crippen molar-refractivity contribution in [1.29, 1.82) is 0 Å². The molecule has 0 bridgehead atoms. The Morgan fingerprint density at radius 1 is 1.37 bits per heavy atom. The van der Waals surface area contributed by atoms with Gasteiger partial charge in [0.25, 0.3) is 0 Å². The van der Waals surface area contributed by atoms with E-state index in [1.54, 1.807) is 12.1 Å². The number of benzene rings is 1. The van der Waals surface area contributed by atoms with Crippen LogP contribution < -0.4 is 10.5 Å². The topological polar surface area (TPSA) is 92.4 Å². The maximum atomic E-state index is 12.1. The van der Waals surface area contributed by atoms with Crippen molar-refractivity contribution in [2.45, 2.75) is 43.2 Å². The van der Waals surface area contributed by atoms with Gasteiger partial charge in [-0.25, -0.2) is 13.1 Å². The van der Waals surface area contributed by atoms with E-state index in [9.17, 15) is 13.5 Å². The molecular formula is C13H20N2O3S. The molecule has 1 aliphatic carbocycles. The summed E-state index contributed by atoms with van der Waals surface area (Å²) in [7, 11) is -3.55. The highest BCUT2D eigenvalue weighted by atomic mass is 32.2. The van der Waals surface area contributed by atoms with E-state index in [0.717, 1.165) is 24.8 Å². The van der Waals surface area contributed by atoms with E-state index in [0.29, 0.717) is 0 Å². The second-order valence-corrected chi connectivity index (χ2v) is 6.81. The number of nitrogens with one attached hydrogen (secondary N) is 1. The molecule has 2 rings (SSSR count). The number of aryl methyl sites for hydroxylation is 2. The van der Waals surface area contributed by atoms with Crippen LogP contribution in [0.25, 0.3) is 0 Å². The Kier molecular flexibility index (Phi) is 4.25. The minimum absolute atomic E-state index is 0.0249. The highest BCUT2D eigenvalue weighted by Crippen LogP contribution is 2.24. The maximum absolute atomic E-state index is 12.1. The Labute approximate surface area is 113 Å². The van der Waals surface area contributed by atoms with Gasteiger partial charge in [-0.3, -0.25) is 0 Å². The Balaban J connectivity index is 2.11. The lowest BCUT2D eigenvalue weighted by molar-refractivity contribution is 0.164. The van der Waals surface area contributed by atoms with Crippen molar-refractivity contribution in [3.05, 3.63) is 29.3 Å². The van der Waals surface area contributed by atoms with Crippen molar-refractivity contribution in [2.24, 2.45) is 5.73 Å². The van der Waals surface area contributed by atoms with E-state index in [2.05, 4.69) is 4.72 Å². The summed E-state index contributed by atoms with van der Waals surface area (Å²) in [5.74, 6) is 0. The zero-order valence-electron chi connectivity index (χ0n) is 11.0. The molecule has 1 aliphatic rings. The molecule has 1 aromatic rings. The Morgan fingerprint density at radius 3 is 2.74 bits per heavy atom.